The molecule has 0 spiro atoms. The molecule has 1 rings (SSSR count). The van der Waals surface area contributed by atoms with Crippen LogP contribution in [0.2, 0.25) is 0 Å². The Kier molecular flexibility index (Phi) is 16.0. The summed E-state index contributed by atoms with van der Waals surface area (Å²) in [6.07, 6.45) is 14.5. The summed E-state index contributed by atoms with van der Waals surface area (Å²) in [7, 11) is 3.12. The van der Waals surface area contributed by atoms with Crippen molar-refractivity contribution in [2.45, 2.75) is 108 Å². The van der Waals surface area contributed by atoms with Gasteiger partial charge < -0.3 is 14.2 Å². The first-order valence-electron chi connectivity index (χ1n) is 12.3. The van der Waals surface area contributed by atoms with E-state index in [2.05, 4.69) is 30.7 Å². The van der Waals surface area contributed by atoms with E-state index in [4.69, 9.17) is 14.2 Å². The molecule has 0 aromatic carbocycles. The smallest absolute Gasteiger partial charge is 0.305 e. The molecule has 184 valence electrons. The summed E-state index contributed by atoms with van der Waals surface area (Å²) in [5, 5.41) is 0.620. The lowest BCUT2D eigenvalue weighted by Gasteiger charge is -2.19. The van der Waals surface area contributed by atoms with Crippen LogP contribution in [0.3, 0.4) is 0 Å². The Morgan fingerprint density at radius 1 is 0.875 bits per heavy atom. The summed E-state index contributed by atoms with van der Waals surface area (Å²) < 4.78 is 16.0. The van der Waals surface area contributed by atoms with Crippen molar-refractivity contribution < 1.29 is 19.0 Å². The second kappa shape index (κ2) is 18.0. The SMILES string of the molecule is CCCCCCCCCCCCCC(=O)OCC(Sc1nc(OC)cc(OC)n1)C(C)C. The van der Waals surface area contributed by atoms with Gasteiger partial charge in [-0.2, -0.15) is 9.97 Å². The molecule has 1 aromatic rings. The number of unbranched alkanes of at least 4 members (excludes halogenated alkanes) is 10. The quantitative estimate of drug-likeness (QED) is 0.0951. The number of carbonyl (C=O) groups excluding carboxylic acids is 1. The monoisotopic (exact) mass is 468 g/mol. The van der Waals surface area contributed by atoms with Crippen LogP contribution in [0.4, 0.5) is 0 Å². The highest BCUT2D eigenvalue weighted by atomic mass is 32.2. The Hall–Kier alpha value is -1.50. The summed E-state index contributed by atoms with van der Waals surface area (Å²) in [4.78, 5) is 20.9. The Morgan fingerprint density at radius 3 is 1.84 bits per heavy atom. The fourth-order valence-electron chi connectivity index (χ4n) is 3.32. The van der Waals surface area contributed by atoms with Crippen molar-refractivity contribution in [1.82, 2.24) is 9.97 Å². The lowest BCUT2D eigenvalue weighted by Crippen LogP contribution is -2.21. The van der Waals surface area contributed by atoms with Crippen LogP contribution in [0, 0.1) is 5.92 Å². The van der Waals surface area contributed by atoms with Crippen LogP contribution >= 0.6 is 11.8 Å². The number of nitrogens with zero attached hydrogens (tertiary/aromatic N) is 2. The number of hydrogen-bond acceptors (Lipinski definition) is 7. The van der Waals surface area contributed by atoms with Crippen molar-refractivity contribution in [1.29, 1.82) is 0 Å². The van der Waals surface area contributed by atoms with Crippen LogP contribution in [0.15, 0.2) is 11.2 Å². The van der Waals surface area contributed by atoms with Crippen molar-refractivity contribution in [2.24, 2.45) is 5.92 Å². The Labute approximate surface area is 199 Å². The minimum absolute atomic E-state index is 0.0630. The van der Waals surface area contributed by atoms with Gasteiger partial charge in [0.25, 0.3) is 0 Å². The van der Waals surface area contributed by atoms with Gasteiger partial charge in [-0.05, 0) is 12.3 Å². The van der Waals surface area contributed by atoms with E-state index in [-0.39, 0.29) is 11.2 Å². The second-order valence-corrected chi connectivity index (χ2v) is 9.81. The van der Waals surface area contributed by atoms with Crippen LogP contribution in [0.25, 0.3) is 0 Å². The maximum atomic E-state index is 12.2. The first-order chi connectivity index (χ1) is 15.5. The molecular formula is C25H44N2O4S. The van der Waals surface area contributed by atoms with Gasteiger partial charge in [-0.3, -0.25) is 4.79 Å². The van der Waals surface area contributed by atoms with Gasteiger partial charge >= 0.3 is 5.97 Å². The van der Waals surface area contributed by atoms with E-state index in [1.54, 1.807) is 20.3 Å². The minimum Gasteiger partial charge on any atom is -0.481 e. The molecule has 6 nitrogen and oxygen atoms in total. The largest absolute Gasteiger partial charge is 0.481 e. The molecule has 32 heavy (non-hydrogen) atoms. The lowest BCUT2D eigenvalue weighted by atomic mass is 10.1. The molecule has 0 aliphatic heterocycles. The van der Waals surface area contributed by atoms with E-state index in [1.165, 1.54) is 69.5 Å². The molecule has 7 heteroatoms. The summed E-state index contributed by atoms with van der Waals surface area (Å²) in [5.74, 6) is 1.09. The molecule has 0 saturated carbocycles. The molecule has 0 fully saturated rings. The Morgan fingerprint density at radius 2 is 1.38 bits per heavy atom. The normalized spacial score (nSPS) is 12.1. The molecule has 1 aromatic heterocycles. The molecule has 1 heterocycles. The number of methoxy groups -OCH3 is 2. The van der Waals surface area contributed by atoms with E-state index in [1.807, 2.05) is 0 Å². The standard InChI is InChI=1S/C25H44N2O4S/c1-6-7-8-9-10-11-12-13-14-15-16-17-24(28)31-19-21(20(2)3)32-25-26-22(29-4)18-23(27-25)30-5/h18,20-21H,6-17,19H2,1-5H3. The van der Waals surface area contributed by atoms with Gasteiger partial charge in [0.1, 0.15) is 6.61 Å². The third-order valence-corrected chi connectivity index (χ3v) is 6.85. The lowest BCUT2D eigenvalue weighted by molar-refractivity contribution is -0.143. The zero-order valence-electron chi connectivity index (χ0n) is 20.9. The van der Waals surface area contributed by atoms with Crippen molar-refractivity contribution in [3.8, 4) is 11.8 Å². The fraction of sp³-hybridized carbons (Fsp3) is 0.800. The van der Waals surface area contributed by atoms with Gasteiger partial charge in [0, 0.05) is 11.7 Å². The van der Waals surface area contributed by atoms with Gasteiger partial charge in [0.2, 0.25) is 11.8 Å². The third-order valence-electron chi connectivity index (χ3n) is 5.47. The van der Waals surface area contributed by atoms with Gasteiger partial charge in [-0.15, -0.1) is 0 Å². The van der Waals surface area contributed by atoms with E-state index in [0.29, 0.717) is 35.9 Å². The average molecular weight is 469 g/mol. The first-order valence-corrected chi connectivity index (χ1v) is 13.2. The summed E-state index contributed by atoms with van der Waals surface area (Å²) >= 11 is 1.48. The van der Waals surface area contributed by atoms with E-state index in [9.17, 15) is 4.79 Å². The number of rotatable bonds is 19. The third kappa shape index (κ3) is 13.1. The number of esters is 1. The van der Waals surface area contributed by atoms with E-state index >= 15 is 0 Å². The van der Waals surface area contributed by atoms with Crippen molar-refractivity contribution in [3.05, 3.63) is 6.07 Å². The predicted octanol–water partition coefficient (Wildman–Crippen LogP) is 6.85. The predicted molar refractivity (Wildman–Crippen MR) is 132 cm³/mol. The molecule has 0 aliphatic carbocycles. The number of ether oxygens (including phenoxy) is 3. The van der Waals surface area contributed by atoms with Crippen molar-refractivity contribution in [3.63, 3.8) is 0 Å². The maximum Gasteiger partial charge on any atom is 0.305 e. The van der Waals surface area contributed by atoms with Gasteiger partial charge in [-0.25, -0.2) is 0 Å². The summed E-state index contributed by atoms with van der Waals surface area (Å²) in [6, 6.07) is 1.64. The zero-order valence-corrected chi connectivity index (χ0v) is 21.7. The minimum atomic E-state index is -0.115. The Balaban J connectivity index is 2.23. The van der Waals surface area contributed by atoms with Crippen LogP contribution in [-0.4, -0.2) is 42.0 Å². The molecule has 0 saturated heterocycles. The number of aromatic nitrogens is 2. The van der Waals surface area contributed by atoms with Crippen LogP contribution < -0.4 is 9.47 Å². The maximum absolute atomic E-state index is 12.2. The topological polar surface area (TPSA) is 70.5 Å². The van der Waals surface area contributed by atoms with Crippen LogP contribution in [0.5, 0.6) is 11.8 Å². The van der Waals surface area contributed by atoms with E-state index in [0.717, 1.165) is 12.8 Å². The summed E-state index contributed by atoms with van der Waals surface area (Å²) in [5.41, 5.74) is 0. The van der Waals surface area contributed by atoms with Crippen molar-refractivity contribution >= 4 is 17.7 Å². The molecule has 0 N–H and O–H groups in total. The highest BCUT2D eigenvalue weighted by Crippen LogP contribution is 2.29. The zero-order chi connectivity index (χ0) is 23.6. The molecule has 0 amide bonds. The molecule has 0 bridgehead atoms. The Bertz CT molecular complexity index is 606. The highest BCUT2D eigenvalue weighted by Gasteiger charge is 2.20. The number of hydrogen-bond donors (Lipinski definition) is 0. The second-order valence-electron chi connectivity index (χ2n) is 8.60. The molecule has 1 unspecified atom stereocenters. The van der Waals surface area contributed by atoms with Crippen LogP contribution in [-0.2, 0) is 9.53 Å². The van der Waals surface area contributed by atoms with Gasteiger partial charge in [0.05, 0.1) is 20.3 Å². The van der Waals surface area contributed by atoms with E-state index < -0.39 is 0 Å². The molecule has 0 radical (unpaired) electrons. The highest BCUT2D eigenvalue weighted by molar-refractivity contribution is 7.99. The fourth-order valence-corrected chi connectivity index (χ4v) is 4.29. The van der Waals surface area contributed by atoms with Crippen molar-refractivity contribution in [2.75, 3.05) is 20.8 Å². The van der Waals surface area contributed by atoms with Crippen LogP contribution in [0.1, 0.15) is 97.8 Å². The molecule has 0 aliphatic rings. The number of thioether (sulfide) groups is 1. The average Bonchev–Trinajstić information content (AvgIpc) is 2.79. The molecule has 1 atom stereocenters. The van der Waals surface area contributed by atoms with Gasteiger partial charge in [0.15, 0.2) is 5.16 Å². The first kappa shape index (κ1) is 28.5. The summed E-state index contributed by atoms with van der Waals surface area (Å²) in [6.45, 7) is 6.81. The van der Waals surface area contributed by atoms with Gasteiger partial charge in [-0.1, -0.05) is 96.7 Å². The molecular weight excluding hydrogens is 424 g/mol. The number of carbonyl (C=O) groups is 1.